The van der Waals surface area contributed by atoms with Crippen molar-refractivity contribution >= 4 is 16.3 Å². The van der Waals surface area contributed by atoms with E-state index in [9.17, 15) is 38.2 Å². The highest BCUT2D eigenvalue weighted by atomic mass is 32.3. The highest BCUT2D eigenvalue weighted by molar-refractivity contribution is 7.80. The van der Waals surface area contributed by atoms with Crippen molar-refractivity contribution in [3.8, 4) is 0 Å². The molecule has 1 aliphatic heterocycles. The van der Waals surface area contributed by atoms with Gasteiger partial charge in [0.15, 0.2) is 6.29 Å². The van der Waals surface area contributed by atoms with Crippen LogP contribution in [0.5, 0.6) is 0 Å². The molecule has 7 unspecified atom stereocenters. The van der Waals surface area contributed by atoms with Crippen molar-refractivity contribution in [2.24, 2.45) is 0 Å². The molecule has 1 aliphatic rings. The molecule has 13 heteroatoms. The summed E-state index contributed by atoms with van der Waals surface area (Å²) in [6.07, 6.45) is 43.9. The number of aliphatic hydroxyl groups is 4. The maximum Gasteiger partial charge on any atom is 0.397 e. The lowest BCUT2D eigenvalue weighted by molar-refractivity contribution is -0.298. The highest BCUT2D eigenvalue weighted by Crippen LogP contribution is 2.26. The summed E-state index contributed by atoms with van der Waals surface area (Å²) in [5.41, 5.74) is 0. The monoisotopic (exact) mass is 976 g/mol. The molecule has 0 aromatic carbocycles. The summed E-state index contributed by atoms with van der Waals surface area (Å²) in [5, 5.41) is 44.9. The third-order valence-electron chi connectivity index (χ3n) is 13.6. The number of ether oxygens (including phenoxy) is 2. The first-order valence-electron chi connectivity index (χ1n) is 28.1. The fraction of sp³-hybridized carbons (Fsp3) is 0.944. The topological polar surface area (TPSA) is 192 Å². The minimum absolute atomic E-state index is 0.257. The molecule has 12 nitrogen and oxygen atoms in total. The molecule has 1 rings (SSSR count). The van der Waals surface area contributed by atoms with Gasteiger partial charge in [-0.3, -0.25) is 9.35 Å². The van der Waals surface area contributed by atoms with Gasteiger partial charge in [0.2, 0.25) is 5.91 Å². The predicted molar refractivity (Wildman–Crippen MR) is 273 cm³/mol. The number of hydrogen-bond donors (Lipinski definition) is 6. The summed E-state index contributed by atoms with van der Waals surface area (Å²) < 4.78 is 47.8. The molecule has 0 aromatic heterocycles. The Morgan fingerprint density at radius 1 is 0.582 bits per heavy atom. The van der Waals surface area contributed by atoms with Crippen molar-refractivity contribution in [3.05, 3.63) is 12.2 Å². The molecule has 1 amide bonds. The summed E-state index contributed by atoms with van der Waals surface area (Å²) in [6.45, 7) is 3.43. The van der Waals surface area contributed by atoms with Gasteiger partial charge in [0.1, 0.15) is 24.4 Å². The van der Waals surface area contributed by atoms with Crippen LogP contribution in [0.25, 0.3) is 0 Å². The van der Waals surface area contributed by atoms with Crippen molar-refractivity contribution < 1.29 is 51.8 Å². The highest BCUT2D eigenvalue weighted by Gasteiger charge is 2.48. The fourth-order valence-corrected chi connectivity index (χ4v) is 9.73. The Balaban J connectivity index is 2.39. The van der Waals surface area contributed by atoms with Crippen molar-refractivity contribution in [3.63, 3.8) is 0 Å². The number of hydrogen-bond acceptors (Lipinski definition) is 10. The van der Waals surface area contributed by atoms with E-state index in [4.69, 9.17) is 9.47 Å². The van der Waals surface area contributed by atoms with Crippen LogP contribution in [0.1, 0.15) is 271 Å². The zero-order valence-electron chi connectivity index (χ0n) is 43.0. The first-order valence-corrected chi connectivity index (χ1v) is 29.4. The number of carbonyl (C=O) groups is 1. The summed E-state index contributed by atoms with van der Waals surface area (Å²) in [4.78, 5) is 13.1. The fourth-order valence-electron chi connectivity index (χ4n) is 9.22. The number of unbranched alkanes of at least 4 members (excludes halogenated alkanes) is 37. The average molecular weight is 976 g/mol. The largest absolute Gasteiger partial charge is 0.397 e. The van der Waals surface area contributed by atoms with Gasteiger partial charge < -0.3 is 35.2 Å². The molecule has 1 heterocycles. The van der Waals surface area contributed by atoms with Crippen LogP contribution in [-0.2, 0) is 28.9 Å². The lowest BCUT2D eigenvalue weighted by Crippen LogP contribution is -2.61. The van der Waals surface area contributed by atoms with E-state index in [1.54, 1.807) is 6.08 Å². The van der Waals surface area contributed by atoms with Gasteiger partial charge in [-0.25, -0.2) is 4.18 Å². The van der Waals surface area contributed by atoms with E-state index in [0.717, 1.165) is 38.5 Å². The van der Waals surface area contributed by atoms with Gasteiger partial charge in [-0.2, -0.15) is 8.42 Å². The molecular weight excluding hydrogens is 871 g/mol. The summed E-state index contributed by atoms with van der Waals surface area (Å²) in [7, 11) is -5.09. The number of nitrogens with one attached hydrogen (secondary N) is 1. The first-order chi connectivity index (χ1) is 32.5. The second-order valence-electron chi connectivity index (χ2n) is 19.9. The Labute approximate surface area is 410 Å². The SMILES string of the molecule is CCCCCCCCCCCCCCCCCCCCCCC/C=C/C(O)C(COC1OC(CO)C(O)C(OS(=O)(=O)O)C1O)NC(=O)CCCCCCCCCCCCCCCCCCC. The Bertz CT molecular complexity index is 1240. The van der Waals surface area contributed by atoms with E-state index in [-0.39, 0.29) is 18.9 Å². The predicted octanol–water partition coefficient (Wildman–Crippen LogP) is 12.7. The lowest BCUT2D eigenvalue weighted by atomic mass is 9.99. The van der Waals surface area contributed by atoms with Gasteiger partial charge in [-0.1, -0.05) is 257 Å². The van der Waals surface area contributed by atoms with Gasteiger partial charge >= 0.3 is 10.4 Å². The van der Waals surface area contributed by atoms with E-state index >= 15 is 0 Å². The van der Waals surface area contributed by atoms with Crippen LogP contribution in [-0.4, -0.2) is 95.4 Å². The van der Waals surface area contributed by atoms with Gasteiger partial charge in [-0.05, 0) is 19.3 Å². The normalized spacial score (nSPS) is 19.9. The van der Waals surface area contributed by atoms with Crippen LogP contribution in [0.2, 0.25) is 0 Å². The van der Waals surface area contributed by atoms with Crippen molar-refractivity contribution in [2.75, 3.05) is 13.2 Å². The Kier molecular flexibility index (Phi) is 42.7. The third kappa shape index (κ3) is 37.3. The van der Waals surface area contributed by atoms with E-state index in [2.05, 4.69) is 23.3 Å². The van der Waals surface area contributed by atoms with Gasteiger partial charge in [-0.15, -0.1) is 0 Å². The summed E-state index contributed by atoms with van der Waals surface area (Å²) in [6, 6.07) is -0.939. The molecule has 1 fully saturated rings. The van der Waals surface area contributed by atoms with Crippen LogP contribution in [0, 0.1) is 0 Å². The molecule has 0 aromatic rings. The van der Waals surface area contributed by atoms with E-state index < -0.39 is 59.9 Å². The van der Waals surface area contributed by atoms with E-state index in [0.29, 0.717) is 6.42 Å². The Hall–Kier alpha value is -1.16. The van der Waals surface area contributed by atoms with Crippen molar-refractivity contribution in [2.45, 2.75) is 314 Å². The third-order valence-corrected chi connectivity index (χ3v) is 14.0. The number of carbonyl (C=O) groups excluding carboxylic acids is 1. The number of allylic oxidation sites excluding steroid dienone is 1. The molecular formula is C54H105NO11S. The average Bonchev–Trinajstić information content (AvgIpc) is 3.30. The zero-order valence-corrected chi connectivity index (χ0v) is 43.8. The molecule has 7 atom stereocenters. The zero-order chi connectivity index (χ0) is 49.1. The molecule has 0 aliphatic carbocycles. The molecule has 0 saturated carbocycles. The van der Waals surface area contributed by atoms with E-state index in [1.807, 2.05) is 6.08 Å². The maximum absolute atomic E-state index is 13.1. The Morgan fingerprint density at radius 3 is 1.30 bits per heavy atom. The second-order valence-corrected chi connectivity index (χ2v) is 20.9. The molecule has 67 heavy (non-hydrogen) atoms. The number of aliphatic hydroxyl groups excluding tert-OH is 4. The van der Waals surface area contributed by atoms with Gasteiger partial charge in [0.25, 0.3) is 0 Å². The van der Waals surface area contributed by atoms with Crippen LogP contribution < -0.4 is 5.32 Å². The van der Waals surface area contributed by atoms with Crippen LogP contribution in [0.3, 0.4) is 0 Å². The van der Waals surface area contributed by atoms with Gasteiger partial charge in [0, 0.05) is 6.42 Å². The van der Waals surface area contributed by atoms with Gasteiger partial charge in [0.05, 0.1) is 25.4 Å². The molecule has 0 spiro atoms. The molecule has 0 bridgehead atoms. The number of amides is 1. The standard InChI is InChI=1S/C54H105NO11S/c1-3-5-7-9-11-13-15-17-19-21-22-23-24-25-26-28-29-31-33-35-37-39-41-43-48(57)47(46-64-54-52(60)53(66-67(61,62)63)51(59)49(45-56)65-54)55-50(58)44-42-40-38-36-34-32-30-27-20-18-16-14-12-10-8-6-4-2/h41,43,47-49,51-54,56-57,59-60H,3-40,42,44-46H2,1-2H3,(H,55,58)(H,61,62,63)/b43-41+. The minimum Gasteiger partial charge on any atom is -0.394 e. The molecule has 1 saturated heterocycles. The quantitative estimate of drug-likeness (QED) is 0.0193. The smallest absolute Gasteiger partial charge is 0.394 e. The van der Waals surface area contributed by atoms with E-state index in [1.165, 1.54) is 205 Å². The van der Waals surface area contributed by atoms with Crippen LogP contribution >= 0.6 is 0 Å². The summed E-state index contributed by atoms with van der Waals surface area (Å²) >= 11 is 0. The minimum atomic E-state index is -5.09. The first kappa shape index (κ1) is 63.9. The lowest BCUT2D eigenvalue weighted by Gasteiger charge is -2.41. The number of rotatable bonds is 49. The summed E-state index contributed by atoms with van der Waals surface area (Å²) in [5.74, 6) is -0.257. The van der Waals surface area contributed by atoms with Crippen molar-refractivity contribution in [1.82, 2.24) is 5.32 Å². The second kappa shape index (κ2) is 44.8. The maximum atomic E-state index is 13.1. The molecule has 398 valence electrons. The van der Waals surface area contributed by atoms with Crippen LogP contribution in [0.15, 0.2) is 12.2 Å². The molecule has 6 N–H and O–H groups in total. The molecule has 0 radical (unpaired) electrons. The Morgan fingerprint density at radius 2 is 0.940 bits per heavy atom. The van der Waals surface area contributed by atoms with Crippen molar-refractivity contribution in [1.29, 1.82) is 0 Å². The van der Waals surface area contributed by atoms with Crippen LogP contribution in [0.4, 0.5) is 0 Å².